The predicted octanol–water partition coefficient (Wildman–Crippen LogP) is 0.365. The number of phenolic OH excluding ortho intramolecular Hbond substituents is 1. The van der Waals surface area contributed by atoms with Crippen LogP contribution in [-0.2, 0) is 9.59 Å². The maximum Gasteiger partial charge on any atom is 0.229 e. The molecule has 1 N–H and O–H groups in total. The fourth-order valence-corrected chi connectivity index (χ4v) is 1.82. The molecular formula is C14H8O4. The van der Waals surface area contributed by atoms with Gasteiger partial charge in [-0.05, 0) is 30.3 Å². The number of aromatic hydroxyl groups is 1. The molecule has 18 heavy (non-hydrogen) atoms. The lowest BCUT2D eigenvalue weighted by Crippen LogP contribution is -2.29. The molecule has 1 aliphatic carbocycles. The van der Waals surface area contributed by atoms with Gasteiger partial charge in [0.25, 0.3) is 0 Å². The average molecular weight is 240 g/mol. The normalized spacial score (nSPS) is 13.8. The number of furan rings is 1. The maximum atomic E-state index is 11.2. The van der Waals surface area contributed by atoms with Crippen molar-refractivity contribution in [1.82, 2.24) is 0 Å². The Morgan fingerprint density at radius 1 is 0.944 bits per heavy atom. The van der Waals surface area contributed by atoms with E-state index in [1.807, 2.05) is 0 Å². The van der Waals surface area contributed by atoms with Crippen molar-refractivity contribution < 1.29 is 19.1 Å². The van der Waals surface area contributed by atoms with Crippen LogP contribution in [0.15, 0.2) is 34.7 Å². The summed E-state index contributed by atoms with van der Waals surface area (Å²) in [6, 6.07) is 8.18. The summed E-state index contributed by atoms with van der Waals surface area (Å²) in [4.78, 5) is 22.5. The predicted molar refractivity (Wildman–Crippen MR) is 64.0 cm³/mol. The summed E-state index contributed by atoms with van der Waals surface area (Å²) in [6.45, 7) is 0. The van der Waals surface area contributed by atoms with Gasteiger partial charge < -0.3 is 9.52 Å². The summed E-state index contributed by atoms with van der Waals surface area (Å²) < 4.78 is 5.51. The van der Waals surface area contributed by atoms with Crippen LogP contribution >= 0.6 is 0 Å². The van der Waals surface area contributed by atoms with Gasteiger partial charge in [-0.15, -0.1) is 0 Å². The van der Waals surface area contributed by atoms with E-state index >= 15 is 0 Å². The van der Waals surface area contributed by atoms with Gasteiger partial charge in [0.05, 0.1) is 0 Å². The summed E-state index contributed by atoms with van der Waals surface area (Å²) in [6.07, 6.45) is 2.46. The summed E-state index contributed by atoms with van der Waals surface area (Å²) in [5.74, 6) is -0.400. The number of benzene rings is 1. The Morgan fingerprint density at radius 3 is 2.33 bits per heavy atom. The fourth-order valence-electron chi connectivity index (χ4n) is 1.82. The zero-order valence-electron chi connectivity index (χ0n) is 9.21. The van der Waals surface area contributed by atoms with Crippen LogP contribution in [0.3, 0.4) is 0 Å². The Hall–Kier alpha value is -2.62. The van der Waals surface area contributed by atoms with Gasteiger partial charge in [-0.25, -0.2) is 0 Å². The van der Waals surface area contributed by atoms with E-state index in [1.54, 1.807) is 30.3 Å². The first-order valence-corrected chi connectivity index (χ1v) is 5.34. The van der Waals surface area contributed by atoms with E-state index in [-0.39, 0.29) is 5.75 Å². The molecule has 88 valence electrons. The van der Waals surface area contributed by atoms with E-state index in [1.165, 1.54) is 12.2 Å². The van der Waals surface area contributed by atoms with Crippen LogP contribution in [0, 0.1) is 0 Å². The van der Waals surface area contributed by atoms with Crippen LogP contribution in [0.1, 0.15) is 0 Å². The molecule has 4 heteroatoms. The van der Waals surface area contributed by atoms with Crippen LogP contribution in [0.2, 0.25) is 0 Å². The minimum atomic E-state index is -0.575. The van der Waals surface area contributed by atoms with Crippen molar-refractivity contribution in [3.8, 4) is 17.1 Å². The standard InChI is InChI=1S/C14H8O4/c15-10-3-1-8(2-4-10)13-6-9-5-11(16)12(17)7-14(9)18-13/h1-7,15H. The minimum absolute atomic E-state index is 0.165. The molecule has 4 nitrogen and oxygen atoms in total. The molecule has 1 heterocycles. The van der Waals surface area contributed by atoms with Crippen molar-refractivity contribution in [3.05, 3.63) is 41.0 Å². The van der Waals surface area contributed by atoms with E-state index < -0.39 is 11.6 Å². The number of phenols is 1. The van der Waals surface area contributed by atoms with E-state index in [0.717, 1.165) is 5.56 Å². The third-order valence-corrected chi connectivity index (χ3v) is 2.73. The highest BCUT2D eigenvalue weighted by atomic mass is 16.3. The molecule has 0 aliphatic heterocycles. The lowest BCUT2D eigenvalue weighted by Gasteiger charge is -1.95. The summed E-state index contributed by atoms with van der Waals surface area (Å²) in [5, 5.41) is 9.80. The van der Waals surface area contributed by atoms with Gasteiger partial charge in [-0.1, -0.05) is 0 Å². The first kappa shape index (κ1) is 10.5. The molecule has 1 aromatic heterocycles. The van der Waals surface area contributed by atoms with Gasteiger partial charge >= 0.3 is 0 Å². The topological polar surface area (TPSA) is 67.5 Å². The molecule has 0 radical (unpaired) electrons. The number of Topliss-reactive ketones (excluding diaryl/α,β-unsaturated/α-hetero) is 2. The summed E-state index contributed by atoms with van der Waals surface area (Å²) >= 11 is 0. The average Bonchev–Trinajstić information content (AvgIpc) is 2.73. The van der Waals surface area contributed by atoms with Gasteiger partial charge in [0, 0.05) is 22.9 Å². The van der Waals surface area contributed by atoms with E-state index in [2.05, 4.69) is 0 Å². The second-order valence-corrected chi connectivity index (χ2v) is 3.99. The Kier molecular flexibility index (Phi) is 2.16. The monoisotopic (exact) mass is 240 g/mol. The second kappa shape index (κ2) is 3.70. The lowest BCUT2D eigenvalue weighted by atomic mass is 10.1. The van der Waals surface area contributed by atoms with Crippen molar-refractivity contribution in [2.24, 2.45) is 0 Å². The molecule has 0 spiro atoms. The highest BCUT2D eigenvalue weighted by Gasteiger charge is 2.15. The number of carbonyl (C=O) groups excluding carboxylic acids is 2. The van der Waals surface area contributed by atoms with Gasteiger partial charge in [-0.3, -0.25) is 9.59 Å². The first-order chi connectivity index (χ1) is 8.63. The summed E-state index contributed by atoms with van der Waals surface area (Å²) in [5.41, 5.74) is 1.16. The highest BCUT2D eigenvalue weighted by Crippen LogP contribution is 2.19. The van der Waals surface area contributed by atoms with Crippen LogP contribution in [0.4, 0.5) is 0 Å². The Labute approximate surface area is 101 Å². The number of rotatable bonds is 1. The zero-order chi connectivity index (χ0) is 12.7. The summed E-state index contributed by atoms with van der Waals surface area (Å²) in [7, 11) is 0. The number of hydrogen-bond donors (Lipinski definition) is 1. The molecular weight excluding hydrogens is 232 g/mol. The maximum absolute atomic E-state index is 11.2. The van der Waals surface area contributed by atoms with Gasteiger partial charge in [0.15, 0.2) is 0 Å². The van der Waals surface area contributed by atoms with Crippen molar-refractivity contribution in [2.75, 3.05) is 0 Å². The van der Waals surface area contributed by atoms with Crippen molar-refractivity contribution >= 4 is 23.7 Å². The molecule has 0 saturated carbocycles. The molecule has 3 rings (SSSR count). The van der Waals surface area contributed by atoms with Crippen molar-refractivity contribution in [1.29, 1.82) is 0 Å². The quantitative estimate of drug-likeness (QED) is 0.731. The Morgan fingerprint density at radius 2 is 1.61 bits per heavy atom. The van der Waals surface area contributed by atoms with Crippen LogP contribution in [0.5, 0.6) is 5.75 Å². The van der Waals surface area contributed by atoms with Gasteiger partial charge in [0.2, 0.25) is 11.6 Å². The first-order valence-electron chi connectivity index (χ1n) is 5.34. The van der Waals surface area contributed by atoms with Crippen molar-refractivity contribution in [2.45, 2.75) is 0 Å². The van der Waals surface area contributed by atoms with Crippen molar-refractivity contribution in [3.63, 3.8) is 0 Å². The van der Waals surface area contributed by atoms with Gasteiger partial charge in [0.1, 0.15) is 16.9 Å². The third kappa shape index (κ3) is 1.64. The Bertz CT molecular complexity index is 720. The molecule has 0 unspecified atom stereocenters. The molecule has 0 saturated heterocycles. The second-order valence-electron chi connectivity index (χ2n) is 3.99. The largest absolute Gasteiger partial charge is 0.508 e. The SMILES string of the molecule is O=C1C=c2cc(-c3ccc(O)cc3)oc2=CC1=O. The number of carbonyl (C=O) groups is 2. The molecule has 0 atom stereocenters. The molecule has 1 aromatic carbocycles. The van der Waals surface area contributed by atoms with Gasteiger partial charge in [-0.2, -0.15) is 0 Å². The van der Waals surface area contributed by atoms with Crippen LogP contribution < -0.4 is 10.6 Å². The number of fused-ring (bicyclic) bond motifs is 1. The molecule has 0 bridgehead atoms. The molecule has 0 fully saturated rings. The smallest absolute Gasteiger partial charge is 0.229 e. The molecule has 1 aliphatic rings. The highest BCUT2D eigenvalue weighted by molar-refractivity contribution is 6.57. The molecule has 0 amide bonds. The van der Waals surface area contributed by atoms with E-state index in [4.69, 9.17) is 4.42 Å². The van der Waals surface area contributed by atoms with Crippen LogP contribution in [0.25, 0.3) is 23.5 Å². The lowest BCUT2D eigenvalue weighted by molar-refractivity contribution is -0.129. The van der Waals surface area contributed by atoms with Crippen LogP contribution in [-0.4, -0.2) is 16.7 Å². The van der Waals surface area contributed by atoms with E-state index in [0.29, 0.717) is 16.4 Å². The Balaban J connectivity index is 2.18. The molecule has 2 aromatic rings. The fraction of sp³-hybridized carbons (Fsp3) is 0. The number of hydrogen-bond acceptors (Lipinski definition) is 4. The third-order valence-electron chi connectivity index (χ3n) is 2.73. The minimum Gasteiger partial charge on any atom is -0.508 e. The van der Waals surface area contributed by atoms with E-state index in [9.17, 15) is 14.7 Å². The number of ketones is 2. The zero-order valence-corrected chi connectivity index (χ0v) is 9.21.